The van der Waals surface area contributed by atoms with Gasteiger partial charge in [0.05, 0.1) is 22.3 Å². The molecule has 6 nitrogen and oxygen atoms in total. The number of likely N-dealkylation sites (tertiary alicyclic amines) is 1. The molecule has 27 heavy (non-hydrogen) atoms. The lowest BCUT2D eigenvalue weighted by Crippen LogP contribution is -2.47. The van der Waals surface area contributed by atoms with E-state index in [0.29, 0.717) is 46.2 Å². The molecule has 1 aliphatic rings. The Morgan fingerprint density at radius 1 is 1.33 bits per heavy atom. The fourth-order valence-corrected chi connectivity index (χ4v) is 3.60. The second-order valence-corrected chi connectivity index (χ2v) is 6.89. The van der Waals surface area contributed by atoms with Gasteiger partial charge in [0.2, 0.25) is 0 Å². The predicted octanol–water partition coefficient (Wildman–Crippen LogP) is 3.16. The first-order valence-electron chi connectivity index (χ1n) is 9.06. The number of benzene rings is 1. The van der Waals surface area contributed by atoms with Crippen LogP contribution in [0.2, 0.25) is 0 Å². The van der Waals surface area contributed by atoms with Crippen molar-refractivity contribution in [3.8, 4) is 11.3 Å². The van der Waals surface area contributed by atoms with Crippen molar-refractivity contribution >= 4 is 17.0 Å². The third kappa shape index (κ3) is 3.30. The highest BCUT2D eigenvalue weighted by Crippen LogP contribution is 2.28. The number of hydrogen-bond donors (Lipinski definition) is 1. The molecule has 1 unspecified atom stereocenters. The minimum atomic E-state index is -0.321. The Morgan fingerprint density at radius 3 is 2.85 bits per heavy atom. The number of aryl methyl sites for hydroxylation is 1. The lowest BCUT2D eigenvalue weighted by molar-refractivity contribution is 0.0700. The van der Waals surface area contributed by atoms with Crippen LogP contribution in [-0.2, 0) is 0 Å². The van der Waals surface area contributed by atoms with Crippen LogP contribution in [0, 0.1) is 12.7 Å². The van der Waals surface area contributed by atoms with Gasteiger partial charge < -0.3 is 14.7 Å². The fraction of sp³-hybridized carbons (Fsp3) is 0.350. The van der Waals surface area contributed by atoms with Gasteiger partial charge in [-0.05, 0) is 57.1 Å². The van der Waals surface area contributed by atoms with Crippen LogP contribution in [0.5, 0.6) is 0 Å². The van der Waals surface area contributed by atoms with E-state index < -0.39 is 0 Å². The summed E-state index contributed by atoms with van der Waals surface area (Å²) in [6.07, 6.45) is 2.01. The zero-order chi connectivity index (χ0) is 19.0. The summed E-state index contributed by atoms with van der Waals surface area (Å²) < 4.78 is 18.6. The number of fused-ring (bicyclic) bond motifs is 1. The molecule has 1 aliphatic heterocycles. The molecule has 3 heterocycles. The summed E-state index contributed by atoms with van der Waals surface area (Å²) in [7, 11) is 1.92. The highest BCUT2D eigenvalue weighted by molar-refractivity contribution is 6.07. The number of nitrogens with one attached hydrogen (secondary N) is 1. The van der Waals surface area contributed by atoms with Crippen LogP contribution in [0.3, 0.4) is 0 Å². The minimum Gasteiger partial charge on any atom is -0.337 e. The van der Waals surface area contributed by atoms with Crippen LogP contribution in [0.4, 0.5) is 4.39 Å². The Morgan fingerprint density at radius 2 is 2.11 bits per heavy atom. The van der Waals surface area contributed by atoms with Gasteiger partial charge in [-0.2, -0.15) is 0 Å². The zero-order valence-corrected chi connectivity index (χ0v) is 15.3. The normalized spacial score (nSPS) is 17.4. The molecule has 1 amide bonds. The van der Waals surface area contributed by atoms with Gasteiger partial charge in [0.15, 0.2) is 0 Å². The molecule has 0 saturated carbocycles. The van der Waals surface area contributed by atoms with E-state index in [0.717, 1.165) is 19.4 Å². The number of pyridine rings is 1. The van der Waals surface area contributed by atoms with E-state index in [-0.39, 0.29) is 11.7 Å². The minimum absolute atomic E-state index is 0.0583. The van der Waals surface area contributed by atoms with E-state index in [1.165, 1.54) is 12.1 Å². The van der Waals surface area contributed by atoms with Crippen LogP contribution >= 0.6 is 0 Å². The average Bonchev–Trinajstić information content (AvgIpc) is 3.08. The van der Waals surface area contributed by atoms with Crippen LogP contribution in [0.1, 0.15) is 28.9 Å². The monoisotopic (exact) mass is 368 g/mol. The smallest absolute Gasteiger partial charge is 0.259 e. The number of aromatic nitrogens is 2. The summed E-state index contributed by atoms with van der Waals surface area (Å²) in [5.41, 5.74) is 2.75. The summed E-state index contributed by atoms with van der Waals surface area (Å²) in [6.45, 7) is 3.18. The number of piperidine rings is 1. The molecule has 2 aromatic heterocycles. The molecule has 1 saturated heterocycles. The molecule has 1 atom stereocenters. The summed E-state index contributed by atoms with van der Waals surface area (Å²) in [6, 6.07) is 8.07. The second-order valence-electron chi connectivity index (χ2n) is 6.89. The number of amides is 1. The fourth-order valence-electron chi connectivity index (χ4n) is 3.60. The molecular weight excluding hydrogens is 347 g/mol. The number of carbonyl (C=O) groups excluding carboxylic acids is 1. The molecule has 0 spiro atoms. The molecule has 1 aromatic carbocycles. The zero-order valence-electron chi connectivity index (χ0n) is 15.3. The molecule has 0 bridgehead atoms. The third-order valence-corrected chi connectivity index (χ3v) is 5.10. The van der Waals surface area contributed by atoms with Gasteiger partial charge in [-0.3, -0.25) is 4.79 Å². The highest BCUT2D eigenvalue weighted by Gasteiger charge is 2.27. The summed E-state index contributed by atoms with van der Waals surface area (Å²) in [5.74, 6) is -0.380. The quantitative estimate of drug-likeness (QED) is 0.769. The number of rotatable bonds is 3. The van der Waals surface area contributed by atoms with Crippen LogP contribution in [0.15, 0.2) is 34.9 Å². The van der Waals surface area contributed by atoms with Crippen molar-refractivity contribution in [3.05, 3.63) is 47.4 Å². The van der Waals surface area contributed by atoms with Gasteiger partial charge in [-0.15, -0.1) is 0 Å². The van der Waals surface area contributed by atoms with Gasteiger partial charge in [0.1, 0.15) is 5.82 Å². The molecule has 0 aliphatic carbocycles. The Labute approximate surface area is 156 Å². The summed E-state index contributed by atoms with van der Waals surface area (Å²) >= 11 is 0. The van der Waals surface area contributed by atoms with E-state index in [4.69, 9.17) is 4.52 Å². The van der Waals surface area contributed by atoms with E-state index in [2.05, 4.69) is 15.5 Å². The maximum absolute atomic E-state index is 13.3. The first-order chi connectivity index (χ1) is 13.1. The second kappa shape index (κ2) is 7.08. The van der Waals surface area contributed by atoms with E-state index in [1.54, 1.807) is 25.1 Å². The molecule has 3 aromatic rings. The number of likely N-dealkylation sites (N-methyl/N-ethyl adjacent to an activating group) is 1. The maximum atomic E-state index is 13.3. The van der Waals surface area contributed by atoms with Crippen molar-refractivity contribution in [1.29, 1.82) is 0 Å². The third-order valence-electron chi connectivity index (χ3n) is 5.10. The molecule has 1 N–H and O–H groups in total. The van der Waals surface area contributed by atoms with Crippen molar-refractivity contribution in [2.75, 3.05) is 20.1 Å². The Hall–Kier alpha value is -2.80. The van der Waals surface area contributed by atoms with Crippen LogP contribution in [0.25, 0.3) is 22.4 Å². The maximum Gasteiger partial charge on any atom is 0.259 e. The van der Waals surface area contributed by atoms with Crippen molar-refractivity contribution in [2.45, 2.75) is 25.8 Å². The van der Waals surface area contributed by atoms with Crippen molar-refractivity contribution < 1.29 is 13.7 Å². The largest absolute Gasteiger partial charge is 0.337 e. The van der Waals surface area contributed by atoms with Gasteiger partial charge in [-0.1, -0.05) is 5.16 Å². The Kier molecular flexibility index (Phi) is 4.61. The summed E-state index contributed by atoms with van der Waals surface area (Å²) in [4.78, 5) is 19.6. The lowest BCUT2D eigenvalue weighted by Gasteiger charge is -2.32. The molecule has 1 fully saturated rings. The van der Waals surface area contributed by atoms with Gasteiger partial charge in [-0.25, -0.2) is 9.37 Å². The predicted molar refractivity (Wildman–Crippen MR) is 99.9 cm³/mol. The number of halogens is 1. The highest BCUT2D eigenvalue weighted by atomic mass is 19.1. The molecule has 0 radical (unpaired) electrons. The molecule has 4 rings (SSSR count). The van der Waals surface area contributed by atoms with E-state index >= 15 is 0 Å². The van der Waals surface area contributed by atoms with Gasteiger partial charge in [0.25, 0.3) is 11.6 Å². The Bertz CT molecular complexity index is 984. The standard InChI is InChI=1S/C20H21FN4O2/c1-12-18-16(20(26)25-9-3-4-15(11-25)22-2)10-17(23-19(18)27-24-12)13-5-7-14(21)8-6-13/h5-8,10,15,22H,3-4,9,11H2,1-2H3. The topological polar surface area (TPSA) is 71.3 Å². The van der Waals surface area contributed by atoms with Crippen LogP contribution in [-0.4, -0.2) is 47.1 Å². The molecule has 140 valence electrons. The number of carbonyl (C=O) groups is 1. The summed E-state index contributed by atoms with van der Waals surface area (Å²) in [5, 5.41) is 7.87. The van der Waals surface area contributed by atoms with E-state index in [1.807, 2.05) is 11.9 Å². The average molecular weight is 368 g/mol. The first kappa shape index (κ1) is 17.6. The van der Waals surface area contributed by atoms with Crippen molar-refractivity contribution in [1.82, 2.24) is 20.4 Å². The molecule has 7 heteroatoms. The van der Waals surface area contributed by atoms with Gasteiger partial charge in [0, 0.05) is 24.7 Å². The molecular formula is C20H21FN4O2. The SMILES string of the molecule is CNC1CCCN(C(=O)c2cc(-c3ccc(F)cc3)nc3onc(C)c23)C1. The number of nitrogens with zero attached hydrogens (tertiary/aromatic N) is 3. The number of hydrogen-bond acceptors (Lipinski definition) is 5. The van der Waals surface area contributed by atoms with Crippen molar-refractivity contribution in [2.24, 2.45) is 0 Å². The Balaban J connectivity index is 1.79. The van der Waals surface area contributed by atoms with Crippen molar-refractivity contribution in [3.63, 3.8) is 0 Å². The lowest BCUT2D eigenvalue weighted by atomic mass is 10.0. The van der Waals surface area contributed by atoms with Gasteiger partial charge >= 0.3 is 0 Å². The first-order valence-corrected chi connectivity index (χ1v) is 9.06. The van der Waals surface area contributed by atoms with Crippen LogP contribution < -0.4 is 5.32 Å². The van der Waals surface area contributed by atoms with E-state index in [9.17, 15) is 9.18 Å².